The Kier molecular flexibility index (Phi) is 5.21. The van der Waals surface area contributed by atoms with E-state index in [1.54, 1.807) is 7.11 Å². The predicted molar refractivity (Wildman–Crippen MR) is 111 cm³/mol. The van der Waals surface area contributed by atoms with Gasteiger partial charge < -0.3 is 20.3 Å². The average molecular weight is 385 g/mol. The minimum atomic E-state index is 0.0598. The van der Waals surface area contributed by atoms with Crippen LogP contribution in [0.5, 0.6) is 5.75 Å². The van der Waals surface area contributed by atoms with E-state index in [0.717, 1.165) is 56.9 Å². The predicted octanol–water partition coefficient (Wildman–Crippen LogP) is 2.29. The first-order valence-electron chi connectivity index (χ1n) is 10.5. The molecular weight excluding hydrogens is 352 g/mol. The molecule has 6 heteroatoms. The van der Waals surface area contributed by atoms with Crippen molar-refractivity contribution in [2.24, 2.45) is 10.9 Å². The van der Waals surface area contributed by atoms with Gasteiger partial charge in [-0.1, -0.05) is 25.1 Å². The number of amides is 1. The van der Waals surface area contributed by atoms with Crippen molar-refractivity contribution in [3.63, 3.8) is 0 Å². The second-order valence-corrected chi connectivity index (χ2v) is 8.61. The second kappa shape index (κ2) is 7.64. The van der Waals surface area contributed by atoms with E-state index in [1.807, 2.05) is 24.1 Å². The highest BCUT2D eigenvalue weighted by atomic mass is 16.5. The number of nitrogens with zero attached hydrogens (tertiary/aromatic N) is 2. The van der Waals surface area contributed by atoms with Crippen molar-refractivity contribution < 1.29 is 9.53 Å². The second-order valence-electron chi connectivity index (χ2n) is 8.61. The number of rotatable bonds is 5. The lowest BCUT2D eigenvalue weighted by Crippen LogP contribution is -2.50. The first-order chi connectivity index (χ1) is 13.5. The van der Waals surface area contributed by atoms with Gasteiger partial charge in [-0.05, 0) is 38.2 Å². The number of carbonyl (C=O) groups is 1. The molecule has 1 heterocycles. The molecule has 1 aromatic rings. The van der Waals surface area contributed by atoms with Crippen LogP contribution in [-0.2, 0) is 10.2 Å². The minimum Gasteiger partial charge on any atom is -0.496 e. The molecule has 152 valence electrons. The lowest BCUT2D eigenvalue weighted by molar-refractivity contribution is -0.133. The molecule has 4 rings (SSSR count). The standard InChI is InChI=1S/C22H32N4O2/c1-22(17-6-4-5-7-18(17)28-3)14-19(22)25-21(23-2)24-16-10-12-26(13-11-16)20(27)15-8-9-15/h4-7,15-16,19H,8-14H2,1-3H3,(H2,23,24,25). The van der Waals surface area contributed by atoms with Crippen LogP contribution >= 0.6 is 0 Å². The lowest BCUT2D eigenvalue weighted by atomic mass is 9.96. The van der Waals surface area contributed by atoms with E-state index in [0.29, 0.717) is 23.9 Å². The number of piperidine rings is 1. The van der Waals surface area contributed by atoms with Crippen molar-refractivity contribution >= 4 is 11.9 Å². The van der Waals surface area contributed by atoms with Crippen molar-refractivity contribution in [2.75, 3.05) is 27.2 Å². The van der Waals surface area contributed by atoms with E-state index < -0.39 is 0 Å². The summed E-state index contributed by atoms with van der Waals surface area (Å²) < 4.78 is 5.56. The Morgan fingerprint density at radius 1 is 1.18 bits per heavy atom. The topological polar surface area (TPSA) is 66.0 Å². The molecule has 0 aromatic heterocycles. The largest absolute Gasteiger partial charge is 0.496 e. The monoisotopic (exact) mass is 384 g/mol. The summed E-state index contributed by atoms with van der Waals surface area (Å²) in [6, 6.07) is 8.97. The van der Waals surface area contributed by atoms with Gasteiger partial charge in [-0.2, -0.15) is 0 Å². The van der Waals surface area contributed by atoms with Gasteiger partial charge in [0, 0.05) is 49.1 Å². The molecule has 3 fully saturated rings. The van der Waals surface area contributed by atoms with Gasteiger partial charge in [0.1, 0.15) is 5.75 Å². The number of likely N-dealkylation sites (tertiary alicyclic amines) is 1. The smallest absolute Gasteiger partial charge is 0.225 e. The Hall–Kier alpha value is -2.24. The van der Waals surface area contributed by atoms with Gasteiger partial charge in [-0.25, -0.2) is 0 Å². The maximum absolute atomic E-state index is 12.2. The molecule has 2 aliphatic carbocycles. The highest BCUT2D eigenvalue weighted by Crippen LogP contribution is 2.50. The third-order valence-corrected chi connectivity index (χ3v) is 6.57. The number of hydrogen-bond acceptors (Lipinski definition) is 3. The summed E-state index contributed by atoms with van der Waals surface area (Å²) in [5.74, 6) is 2.49. The summed E-state index contributed by atoms with van der Waals surface area (Å²) in [7, 11) is 3.55. The fourth-order valence-corrected chi connectivity index (χ4v) is 4.35. The van der Waals surface area contributed by atoms with Gasteiger partial charge in [-0.15, -0.1) is 0 Å². The van der Waals surface area contributed by atoms with Gasteiger partial charge >= 0.3 is 0 Å². The van der Waals surface area contributed by atoms with Crippen molar-refractivity contribution in [3.05, 3.63) is 29.8 Å². The van der Waals surface area contributed by atoms with Crippen molar-refractivity contribution in [2.45, 2.75) is 56.5 Å². The van der Waals surface area contributed by atoms with Crippen LogP contribution in [0.15, 0.2) is 29.3 Å². The lowest BCUT2D eigenvalue weighted by Gasteiger charge is -2.33. The molecule has 1 saturated heterocycles. The van der Waals surface area contributed by atoms with Crippen molar-refractivity contribution in [3.8, 4) is 5.75 Å². The van der Waals surface area contributed by atoms with E-state index in [9.17, 15) is 4.79 Å². The zero-order valence-electron chi connectivity index (χ0n) is 17.2. The fraction of sp³-hybridized carbons (Fsp3) is 0.636. The maximum atomic E-state index is 12.2. The molecule has 1 amide bonds. The average Bonchev–Trinajstić information content (AvgIpc) is 3.65. The van der Waals surface area contributed by atoms with E-state index >= 15 is 0 Å². The number of guanidine groups is 1. The molecule has 6 nitrogen and oxygen atoms in total. The minimum absolute atomic E-state index is 0.0598. The number of carbonyl (C=O) groups excluding carboxylic acids is 1. The van der Waals surface area contributed by atoms with Crippen molar-refractivity contribution in [1.82, 2.24) is 15.5 Å². The molecule has 0 spiro atoms. The van der Waals surface area contributed by atoms with Crippen molar-refractivity contribution in [1.29, 1.82) is 0 Å². The Labute approximate surface area is 167 Å². The molecule has 2 N–H and O–H groups in total. The van der Waals surface area contributed by atoms with Crippen LogP contribution in [0.2, 0.25) is 0 Å². The number of ether oxygens (including phenoxy) is 1. The number of nitrogens with one attached hydrogen (secondary N) is 2. The number of hydrogen-bond donors (Lipinski definition) is 2. The quantitative estimate of drug-likeness (QED) is 0.604. The van der Waals surface area contributed by atoms with Crippen LogP contribution in [0.1, 0.15) is 44.6 Å². The van der Waals surface area contributed by atoms with Crippen LogP contribution in [-0.4, -0.2) is 56.1 Å². The Morgan fingerprint density at radius 3 is 2.54 bits per heavy atom. The molecule has 28 heavy (non-hydrogen) atoms. The molecule has 2 atom stereocenters. The van der Waals surface area contributed by atoms with Gasteiger partial charge in [0.2, 0.25) is 5.91 Å². The Bertz CT molecular complexity index is 753. The fourth-order valence-electron chi connectivity index (χ4n) is 4.35. The summed E-state index contributed by atoms with van der Waals surface area (Å²) in [4.78, 5) is 18.7. The van der Waals surface area contributed by atoms with E-state index in [4.69, 9.17) is 4.74 Å². The zero-order chi connectivity index (χ0) is 19.7. The van der Waals surface area contributed by atoms with Gasteiger partial charge in [0.25, 0.3) is 0 Å². The first-order valence-corrected chi connectivity index (χ1v) is 10.5. The van der Waals surface area contributed by atoms with Gasteiger partial charge in [-0.3, -0.25) is 9.79 Å². The Morgan fingerprint density at radius 2 is 1.89 bits per heavy atom. The molecular formula is C22H32N4O2. The SMILES string of the molecule is CN=C(NC1CCN(C(=O)C2CC2)CC1)NC1CC1(C)c1ccccc1OC. The van der Waals surface area contributed by atoms with E-state index in [1.165, 1.54) is 5.56 Å². The van der Waals surface area contributed by atoms with Crippen LogP contribution < -0.4 is 15.4 Å². The van der Waals surface area contributed by atoms with E-state index in [-0.39, 0.29) is 5.41 Å². The highest BCUT2D eigenvalue weighted by molar-refractivity contribution is 5.82. The number of benzene rings is 1. The summed E-state index contributed by atoms with van der Waals surface area (Å²) in [6.45, 7) is 3.98. The summed E-state index contributed by atoms with van der Waals surface area (Å²) >= 11 is 0. The number of aliphatic imine (C=N–C) groups is 1. The first kappa shape index (κ1) is 19.1. The third-order valence-electron chi connectivity index (χ3n) is 6.57. The molecule has 0 radical (unpaired) electrons. The highest BCUT2D eigenvalue weighted by Gasteiger charge is 2.53. The van der Waals surface area contributed by atoms with Crippen LogP contribution in [0.25, 0.3) is 0 Å². The molecule has 2 unspecified atom stereocenters. The molecule has 2 saturated carbocycles. The zero-order valence-corrected chi connectivity index (χ0v) is 17.2. The normalized spacial score (nSPS) is 28.0. The summed E-state index contributed by atoms with van der Waals surface area (Å²) in [5, 5.41) is 7.16. The molecule has 1 aromatic carbocycles. The van der Waals surface area contributed by atoms with Crippen LogP contribution in [0.3, 0.4) is 0 Å². The van der Waals surface area contributed by atoms with Crippen LogP contribution in [0.4, 0.5) is 0 Å². The van der Waals surface area contributed by atoms with E-state index in [2.05, 4.69) is 34.7 Å². The number of methoxy groups -OCH3 is 1. The molecule has 1 aliphatic heterocycles. The molecule has 0 bridgehead atoms. The number of para-hydroxylation sites is 1. The van der Waals surface area contributed by atoms with Gasteiger partial charge in [0.15, 0.2) is 5.96 Å². The summed E-state index contributed by atoms with van der Waals surface area (Å²) in [6.07, 6.45) is 5.18. The Balaban J connectivity index is 1.30. The maximum Gasteiger partial charge on any atom is 0.225 e. The van der Waals surface area contributed by atoms with Crippen LogP contribution in [0, 0.1) is 5.92 Å². The third kappa shape index (κ3) is 3.82. The summed E-state index contributed by atoms with van der Waals surface area (Å²) in [5.41, 5.74) is 1.31. The molecule has 3 aliphatic rings. The van der Waals surface area contributed by atoms with Gasteiger partial charge in [0.05, 0.1) is 7.11 Å².